The van der Waals surface area contributed by atoms with Crippen molar-refractivity contribution in [2.24, 2.45) is 23.7 Å². The fourth-order valence-corrected chi connectivity index (χ4v) is 9.57. The van der Waals surface area contributed by atoms with Crippen molar-refractivity contribution in [3.63, 3.8) is 0 Å². The number of phenolic OH excluding ortho intramolecular Hbond substituents is 1. The third-order valence-corrected chi connectivity index (χ3v) is 12.3. The minimum absolute atomic E-state index is 0.0808. The van der Waals surface area contributed by atoms with Crippen LogP contribution in [0.3, 0.4) is 0 Å². The highest BCUT2D eigenvalue weighted by atomic mass is 35.5. The van der Waals surface area contributed by atoms with Gasteiger partial charge in [0, 0.05) is 39.9 Å². The van der Waals surface area contributed by atoms with E-state index in [1.807, 2.05) is 0 Å². The first-order valence-corrected chi connectivity index (χ1v) is 18.7. The van der Waals surface area contributed by atoms with E-state index in [9.17, 15) is 32.7 Å². The summed E-state index contributed by atoms with van der Waals surface area (Å²) in [7, 11) is 2.74. The molecule has 0 bridgehead atoms. The summed E-state index contributed by atoms with van der Waals surface area (Å²) < 4.78 is 51.8. The summed E-state index contributed by atoms with van der Waals surface area (Å²) in [5, 5.41) is 12.7. The van der Waals surface area contributed by atoms with Crippen LogP contribution in [0, 0.1) is 23.7 Å². The number of hydrogen-bond donors (Lipinski definition) is 2. The number of pyridine rings is 1. The number of aromatic hydroxyl groups is 1. The Bertz CT molecular complexity index is 2400. The lowest BCUT2D eigenvalue weighted by atomic mass is 9.49. The Morgan fingerprint density at radius 1 is 0.877 bits per heavy atom. The molecule has 0 radical (unpaired) electrons. The van der Waals surface area contributed by atoms with Crippen molar-refractivity contribution in [3.05, 3.63) is 116 Å². The smallest absolute Gasteiger partial charge is 0.417 e. The van der Waals surface area contributed by atoms with Crippen molar-refractivity contribution in [1.82, 2.24) is 9.99 Å². The molecule has 6 atom stereocenters. The van der Waals surface area contributed by atoms with Crippen molar-refractivity contribution in [3.8, 4) is 17.2 Å². The first-order chi connectivity index (χ1) is 27.1. The molecule has 1 aromatic heterocycles. The SMILES string of the molecule is COc1cc(O)c(C2C3=CCC4C(=O)N(c5ccc(Cl)cc5)C(=O)C4C3CC3C(=O)N(Nc4ncc(C(F)(F)F)cc4Cl)C(=O)C32c2ccc(Cl)cc2)c(OC)c1. The Morgan fingerprint density at radius 3 is 2.16 bits per heavy atom. The number of carbonyl (C=O) groups excluding carboxylic acids is 4. The van der Waals surface area contributed by atoms with E-state index in [4.69, 9.17) is 44.3 Å². The van der Waals surface area contributed by atoms with E-state index in [-0.39, 0.29) is 35.7 Å². The third-order valence-electron chi connectivity index (χ3n) is 11.5. The Labute approximate surface area is 337 Å². The molecule has 2 N–H and O–H groups in total. The van der Waals surface area contributed by atoms with Gasteiger partial charge >= 0.3 is 6.18 Å². The number of hydrogen-bond acceptors (Lipinski definition) is 9. The number of anilines is 2. The lowest BCUT2D eigenvalue weighted by Gasteiger charge is -2.50. The van der Waals surface area contributed by atoms with E-state index in [0.717, 1.165) is 4.90 Å². The number of imide groups is 2. The number of amides is 4. The van der Waals surface area contributed by atoms with Gasteiger partial charge in [-0.2, -0.15) is 18.2 Å². The Hall–Kier alpha value is -5.31. The second kappa shape index (κ2) is 14.0. The topological polar surface area (TPSA) is 138 Å². The molecule has 57 heavy (non-hydrogen) atoms. The molecule has 4 aliphatic rings. The molecule has 0 spiro atoms. The maximum atomic E-state index is 15.4. The zero-order valence-corrected chi connectivity index (χ0v) is 32.1. The normalized spacial score (nSPS) is 25.5. The van der Waals surface area contributed by atoms with Crippen molar-refractivity contribution < 1.29 is 46.9 Å². The molecule has 4 amide bonds. The largest absolute Gasteiger partial charge is 0.507 e. The Kier molecular flexibility index (Phi) is 9.44. The van der Waals surface area contributed by atoms with Crippen LogP contribution < -0.4 is 19.8 Å². The van der Waals surface area contributed by atoms with Crippen molar-refractivity contribution in [1.29, 1.82) is 0 Å². The molecule has 17 heteroatoms. The van der Waals surface area contributed by atoms with E-state index < -0.39 is 81.2 Å². The Balaban J connectivity index is 1.35. The van der Waals surface area contributed by atoms with E-state index in [1.165, 1.54) is 38.5 Å². The number of halogens is 6. The van der Waals surface area contributed by atoms with Gasteiger partial charge in [0.25, 0.3) is 11.8 Å². The number of benzene rings is 3. The Morgan fingerprint density at radius 2 is 1.54 bits per heavy atom. The van der Waals surface area contributed by atoms with E-state index in [1.54, 1.807) is 42.5 Å². The van der Waals surface area contributed by atoms with Gasteiger partial charge in [0.2, 0.25) is 11.8 Å². The van der Waals surface area contributed by atoms with Crippen molar-refractivity contribution in [2.45, 2.75) is 30.4 Å². The molecule has 3 aromatic carbocycles. The highest BCUT2D eigenvalue weighted by Gasteiger charge is 2.71. The first-order valence-electron chi connectivity index (χ1n) is 17.5. The van der Waals surface area contributed by atoms with Crippen molar-refractivity contribution >= 4 is 69.9 Å². The number of fused-ring (bicyclic) bond motifs is 4. The number of aromatic nitrogens is 1. The number of alkyl halides is 3. The molecule has 2 aliphatic heterocycles. The van der Waals surface area contributed by atoms with Crippen LogP contribution in [0.15, 0.2) is 84.6 Å². The van der Waals surface area contributed by atoms with Crippen LogP contribution in [-0.2, 0) is 30.8 Å². The van der Waals surface area contributed by atoms with E-state index in [0.29, 0.717) is 44.1 Å². The number of nitrogens with one attached hydrogen (secondary N) is 1. The number of rotatable bonds is 7. The zero-order valence-electron chi connectivity index (χ0n) is 29.8. The van der Waals surface area contributed by atoms with Gasteiger partial charge in [-0.3, -0.25) is 29.5 Å². The van der Waals surface area contributed by atoms with Gasteiger partial charge in [-0.25, -0.2) is 4.98 Å². The molecular weight excluding hydrogens is 812 g/mol. The van der Waals surface area contributed by atoms with Crippen molar-refractivity contribution in [2.75, 3.05) is 24.5 Å². The monoisotopic (exact) mass is 840 g/mol. The average molecular weight is 842 g/mol. The number of nitrogens with zero attached hydrogens (tertiary/aromatic N) is 3. The minimum Gasteiger partial charge on any atom is -0.507 e. The van der Waals surface area contributed by atoms with Crippen LogP contribution in [0.5, 0.6) is 17.2 Å². The summed E-state index contributed by atoms with van der Waals surface area (Å²) >= 11 is 18.7. The fourth-order valence-electron chi connectivity index (χ4n) is 9.11. The predicted molar refractivity (Wildman–Crippen MR) is 202 cm³/mol. The molecule has 294 valence electrons. The number of ether oxygens (including phenoxy) is 2. The summed E-state index contributed by atoms with van der Waals surface area (Å²) in [5.74, 6) is -8.31. The fraction of sp³-hybridized carbons (Fsp3) is 0.275. The number of methoxy groups -OCH3 is 2. The molecule has 4 aromatic rings. The molecule has 3 fully saturated rings. The van der Waals surface area contributed by atoms with E-state index in [2.05, 4.69) is 10.4 Å². The van der Waals surface area contributed by atoms with Gasteiger partial charge in [0.05, 0.1) is 53.7 Å². The highest BCUT2D eigenvalue weighted by Crippen LogP contribution is 2.66. The van der Waals surface area contributed by atoms with Gasteiger partial charge in [-0.05, 0) is 66.8 Å². The lowest BCUT2D eigenvalue weighted by Crippen LogP contribution is -2.53. The zero-order chi connectivity index (χ0) is 40.7. The lowest BCUT2D eigenvalue weighted by molar-refractivity contribution is -0.139. The second-order valence-corrected chi connectivity index (χ2v) is 15.4. The summed E-state index contributed by atoms with van der Waals surface area (Å²) in [6, 6.07) is 15.9. The van der Waals surface area contributed by atoms with Crippen LogP contribution in [0.4, 0.5) is 24.7 Å². The number of carbonyl (C=O) groups is 4. The maximum absolute atomic E-state index is 15.4. The van der Waals surface area contributed by atoms with Crippen LogP contribution in [0.1, 0.15) is 35.4 Å². The highest BCUT2D eigenvalue weighted by molar-refractivity contribution is 6.33. The van der Waals surface area contributed by atoms with Crippen LogP contribution in [0.25, 0.3) is 0 Å². The molecule has 11 nitrogen and oxygen atoms in total. The second-order valence-electron chi connectivity index (χ2n) is 14.2. The van der Waals surface area contributed by atoms with Crippen LogP contribution >= 0.6 is 34.8 Å². The van der Waals surface area contributed by atoms with Crippen LogP contribution in [-0.4, -0.2) is 52.9 Å². The molecule has 2 aliphatic carbocycles. The predicted octanol–water partition coefficient (Wildman–Crippen LogP) is 7.97. The standard InChI is InChI=1S/C40H30Cl3F3N4O7/c1-56-23-14-29(51)32(30(15-23)57-2)33-24-11-12-25-31(37(54)49(35(25)52)22-9-7-21(42)8-10-22)26(24)16-27-36(53)50(38(55)39(27,33)18-3-5-20(41)6-4-18)48-34-28(43)13-19(17-47-34)40(44,45)46/h3-11,13-15,17,25-27,31,33,51H,12,16H2,1-2H3,(H,47,48). The molecule has 8 rings (SSSR count). The molecule has 3 heterocycles. The molecular formula is C40H30Cl3F3N4O7. The first kappa shape index (κ1) is 38.6. The maximum Gasteiger partial charge on any atom is 0.417 e. The quantitative estimate of drug-likeness (QED) is 0.140. The summed E-state index contributed by atoms with van der Waals surface area (Å²) in [6.45, 7) is 0. The molecule has 2 saturated heterocycles. The third kappa shape index (κ3) is 5.90. The number of hydrazine groups is 1. The van der Waals surface area contributed by atoms with E-state index >= 15 is 4.79 Å². The summed E-state index contributed by atoms with van der Waals surface area (Å²) in [4.78, 5) is 63.9. The number of phenols is 1. The summed E-state index contributed by atoms with van der Waals surface area (Å²) in [6.07, 6.45) is -2.53. The average Bonchev–Trinajstić information content (AvgIpc) is 3.56. The summed E-state index contributed by atoms with van der Waals surface area (Å²) in [5.41, 5.74) is 0.711. The number of allylic oxidation sites excluding steroid dienone is 2. The van der Waals surface area contributed by atoms with Gasteiger partial charge in [0.1, 0.15) is 17.2 Å². The van der Waals surface area contributed by atoms with Gasteiger partial charge in [0.15, 0.2) is 5.82 Å². The minimum atomic E-state index is -4.78. The van der Waals surface area contributed by atoms with Crippen LogP contribution in [0.2, 0.25) is 15.1 Å². The van der Waals surface area contributed by atoms with Gasteiger partial charge < -0.3 is 14.6 Å². The molecule has 6 unspecified atom stereocenters. The molecule has 1 saturated carbocycles. The van der Waals surface area contributed by atoms with Gasteiger partial charge in [-0.15, -0.1) is 0 Å². The van der Waals surface area contributed by atoms with Gasteiger partial charge in [-0.1, -0.05) is 58.6 Å².